The van der Waals surface area contributed by atoms with Crippen molar-refractivity contribution in [2.45, 2.75) is 19.9 Å². The number of amides is 1. The zero-order valence-electron chi connectivity index (χ0n) is 13.4. The average molecular weight is 334 g/mol. The second-order valence-electron chi connectivity index (χ2n) is 5.06. The summed E-state index contributed by atoms with van der Waals surface area (Å²) < 4.78 is 0. The monoisotopic (exact) mass is 333 g/mol. The lowest BCUT2D eigenvalue weighted by Crippen LogP contribution is -2.25. The van der Waals surface area contributed by atoms with Crippen molar-refractivity contribution in [3.63, 3.8) is 0 Å². The molecular weight excluding hydrogens is 310 g/mol. The number of hydrogen-bond donors (Lipinski definition) is 2. The van der Waals surface area contributed by atoms with Crippen molar-refractivity contribution >= 4 is 29.7 Å². The van der Waals surface area contributed by atoms with E-state index in [1.165, 1.54) is 5.69 Å². The standard InChI is InChI=1S/C18H23N3O.ClH/c1-2-21(16-6-4-3-5-7-16)17-10-8-15(9-11-17)14-20-18(22)12-13-19;/h3-11H,2,12-14,19H2,1H3,(H,20,22);1H. The quantitative estimate of drug-likeness (QED) is 0.817. The average Bonchev–Trinajstić information content (AvgIpc) is 2.56. The van der Waals surface area contributed by atoms with Gasteiger partial charge in [0.1, 0.15) is 0 Å². The van der Waals surface area contributed by atoms with Crippen molar-refractivity contribution in [1.82, 2.24) is 5.32 Å². The van der Waals surface area contributed by atoms with Crippen LogP contribution in [0.3, 0.4) is 0 Å². The van der Waals surface area contributed by atoms with E-state index in [0.29, 0.717) is 19.5 Å². The zero-order chi connectivity index (χ0) is 15.8. The van der Waals surface area contributed by atoms with Crippen LogP contribution in [0.4, 0.5) is 11.4 Å². The molecule has 4 nitrogen and oxygen atoms in total. The van der Waals surface area contributed by atoms with Crippen LogP contribution in [0.5, 0.6) is 0 Å². The molecule has 0 atom stereocenters. The van der Waals surface area contributed by atoms with Crippen LogP contribution < -0.4 is 16.0 Å². The Hall–Kier alpha value is -2.04. The van der Waals surface area contributed by atoms with Crippen LogP contribution in [0.15, 0.2) is 54.6 Å². The molecule has 0 fully saturated rings. The molecule has 3 N–H and O–H groups in total. The van der Waals surface area contributed by atoms with Crippen molar-refractivity contribution < 1.29 is 4.79 Å². The lowest BCUT2D eigenvalue weighted by Gasteiger charge is -2.23. The Morgan fingerprint density at radius 2 is 1.65 bits per heavy atom. The Morgan fingerprint density at radius 1 is 1.04 bits per heavy atom. The molecule has 0 saturated heterocycles. The molecule has 0 unspecified atom stereocenters. The molecule has 2 aromatic rings. The van der Waals surface area contributed by atoms with Crippen molar-refractivity contribution in [3.8, 4) is 0 Å². The van der Waals surface area contributed by atoms with Gasteiger partial charge in [0.2, 0.25) is 5.91 Å². The molecule has 23 heavy (non-hydrogen) atoms. The van der Waals surface area contributed by atoms with Crippen molar-refractivity contribution in [1.29, 1.82) is 0 Å². The van der Waals surface area contributed by atoms with E-state index in [-0.39, 0.29) is 18.3 Å². The van der Waals surface area contributed by atoms with Crippen LogP contribution in [0, 0.1) is 0 Å². The highest BCUT2D eigenvalue weighted by Gasteiger charge is 2.06. The number of rotatable bonds is 7. The number of halogens is 1. The number of nitrogens with two attached hydrogens (primary N) is 1. The Bertz CT molecular complexity index is 587. The number of carbonyl (C=O) groups excluding carboxylic acids is 1. The molecule has 0 aliphatic heterocycles. The van der Waals surface area contributed by atoms with E-state index >= 15 is 0 Å². The minimum Gasteiger partial charge on any atom is -0.352 e. The van der Waals surface area contributed by atoms with E-state index in [2.05, 4.69) is 41.4 Å². The number of carbonyl (C=O) groups is 1. The molecule has 0 saturated carbocycles. The first-order chi connectivity index (χ1) is 10.7. The number of hydrogen-bond acceptors (Lipinski definition) is 3. The Morgan fingerprint density at radius 3 is 2.22 bits per heavy atom. The summed E-state index contributed by atoms with van der Waals surface area (Å²) in [6.45, 7) is 3.95. The van der Waals surface area contributed by atoms with Gasteiger partial charge in [-0.05, 0) is 36.8 Å². The summed E-state index contributed by atoms with van der Waals surface area (Å²) in [5.74, 6) is -0.00829. The summed E-state index contributed by atoms with van der Waals surface area (Å²) in [5.41, 5.74) is 8.76. The maximum absolute atomic E-state index is 11.4. The van der Waals surface area contributed by atoms with Crippen LogP contribution in [0.1, 0.15) is 18.9 Å². The highest BCUT2D eigenvalue weighted by atomic mass is 35.5. The second-order valence-corrected chi connectivity index (χ2v) is 5.06. The van der Waals surface area contributed by atoms with Crippen molar-refractivity contribution in [2.75, 3.05) is 18.0 Å². The van der Waals surface area contributed by atoms with Gasteiger partial charge in [0, 0.05) is 37.4 Å². The smallest absolute Gasteiger partial charge is 0.221 e. The maximum Gasteiger partial charge on any atom is 0.221 e. The van der Waals surface area contributed by atoms with Gasteiger partial charge in [-0.3, -0.25) is 4.79 Å². The second kappa shape index (κ2) is 9.87. The number of para-hydroxylation sites is 1. The molecule has 0 bridgehead atoms. The summed E-state index contributed by atoms with van der Waals surface area (Å²) in [5, 5.41) is 2.86. The molecule has 5 heteroatoms. The van der Waals surface area contributed by atoms with Gasteiger partial charge < -0.3 is 16.0 Å². The van der Waals surface area contributed by atoms with Crippen molar-refractivity contribution in [2.24, 2.45) is 5.73 Å². The Labute approximate surface area is 144 Å². The van der Waals surface area contributed by atoms with Gasteiger partial charge in [0.05, 0.1) is 0 Å². The van der Waals surface area contributed by atoms with Gasteiger partial charge in [0.15, 0.2) is 0 Å². The number of anilines is 2. The molecule has 2 aromatic carbocycles. The van der Waals surface area contributed by atoms with Crippen LogP contribution in [-0.4, -0.2) is 19.0 Å². The molecule has 0 aromatic heterocycles. The highest BCUT2D eigenvalue weighted by Crippen LogP contribution is 2.24. The molecule has 2 rings (SSSR count). The van der Waals surface area contributed by atoms with E-state index in [1.54, 1.807) is 0 Å². The third kappa shape index (κ3) is 5.58. The van der Waals surface area contributed by atoms with E-state index < -0.39 is 0 Å². The minimum absolute atomic E-state index is 0. The fourth-order valence-corrected chi connectivity index (χ4v) is 2.34. The van der Waals surface area contributed by atoms with Gasteiger partial charge in [0.25, 0.3) is 0 Å². The summed E-state index contributed by atoms with van der Waals surface area (Å²) in [4.78, 5) is 13.7. The van der Waals surface area contributed by atoms with Gasteiger partial charge in [-0.15, -0.1) is 12.4 Å². The predicted molar refractivity (Wildman–Crippen MR) is 98.3 cm³/mol. The number of benzene rings is 2. The maximum atomic E-state index is 11.4. The summed E-state index contributed by atoms with van der Waals surface area (Å²) in [6, 6.07) is 18.6. The zero-order valence-corrected chi connectivity index (χ0v) is 14.2. The Kier molecular flexibility index (Phi) is 8.16. The predicted octanol–water partition coefficient (Wildman–Crippen LogP) is 3.23. The fourth-order valence-electron chi connectivity index (χ4n) is 2.34. The van der Waals surface area contributed by atoms with Crippen LogP contribution >= 0.6 is 12.4 Å². The molecule has 0 aliphatic carbocycles. The lowest BCUT2D eigenvalue weighted by molar-refractivity contribution is -0.121. The summed E-state index contributed by atoms with van der Waals surface area (Å²) in [7, 11) is 0. The molecule has 0 aliphatic rings. The first kappa shape index (κ1) is 19.0. The first-order valence-electron chi connectivity index (χ1n) is 7.63. The van der Waals surface area contributed by atoms with Gasteiger partial charge in [-0.1, -0.05) is 30.3 Å². The van der Waals surface area contributed by atoms with Crippen LogP contribution in [0.25, 0.3) is 0 Å². The molecule has 0 radical (unpaired) electrons. The minimum atomic E-state index is -0.00829. The lowest BCUT2D eigenvalue weighted by atomic mass is 10.1. The SMILES string of the molecule is CCN(c1ccccc1)c1ccc(CNC(=O)CCN)cc1.Cl. The van der Waals surface area contributed by atoms with E-state index in [4.69, 9.17) is 5.73 Å². The molecule has 124 valence electrons. The van der Waals surface area contributed by atoms with E-state index in [0.717, 1.165) is 17.8 Å². The number of nitrogens with zero attached hydrogens (tertiary/aromatic N) is 1. The molecule has 0 heterocycles. The van der Waals surface area contributed by atoms with E-state index in [9.17, 15) is 4.79 Å². The largest absolute Gasteiger partial charge is 0.352 e. The number of nitrogens with one attached hydrogen (secondary N) is 1. The summed E-state index contributed by atoms with van der Waals surface area (Å²) >= 11 is 0. The molecule has 1 amide bonds. The van der Waals surface area contributed by atoms with Gasteiger partial charge in [-0.2, -0.15) is 0 Å². The fraction of sp³-hybridized carbons (Fsp3) is 0.278. The third-order valence-electron chi connectivity index (χ3n) is 3.49. The Balaban J connectivity index is 0.00000264. The van der Waals surface area contributed by atoms with E-state index in [1.807, 2.05) is 30.3 Å². The molecular formula is C18H24ClN3O. The summed E-state index contributed by atoms with van der Waals surface area (Å²) in [6.07, 6.45) is 0.371. The van der Waals surface area contributed by atoms with Crippen LogP contribution in [0.2, 0.25) is 0 Å². The van der Waals surface area contributed by atoms with Gasteiger partial charge in [-0.25, -0.2) is 0 Å². The van der Waals surface area contributed by atoms with Gasteiger partial charge >= 0.3 is 0 Å². The molecule has 0 spiro atoms. The van der Waals surface area contributed by atoms with Crippen LogP contribution in [-0.2, 0) is 11.3 Å². The highest BCUT2D eigenvalue weighted by molar-refractivity contribution is 5.85. The normalized spacial score (nSPS) is 9.83. The topological polar surface area (TPSA) is 58.4 Å². The van der Waals surface area contributed by atoms with Crippen molar-refractivity contribution in [3.05, 3.63) is 60.2 Å². The third-order valence-corrected chi connectivity index (χ3v) is 3.49. The first-order valence-corrected chi connectivity index (χ1v) is 7.63.